The Morgan fingerprint density at radius 3 is 2.61 bits per heavy atom. The summed E-state index contributed by atoms with van der Waals surface area (Å²) in [4.78, 5) is 0. The van der Waals surface area contributed by atoms with Crippen LogP contribution in [0.4, 0.5) is 5.69 Å². The lowest BCUT2D eigenvalue weighted by molar-refractivity contribution is 0.424. The van der Waals surface area contributed by atoms with Gasteiger partial charge in [0.15, 0.2) is 0 Å². The van der Waals surface area contributed by atoms with E-state index in [0.717, 1.165) is 10.9 Å². The van der Waals surface area contributed by atoms with Crippen molar-refractivity contribution in [2.45, 2.75) is 38.1 Å². The molecule has 118 valence electrons. The van der Waals surface area contributed by atoms with Crippen LogP contribution in [0.25, 0.3) is 0 Å². The van der Waals surface area contributed by atoms with Crippen molar-refractivity contribution in [3.8, 4) is 0 Å². The Hall–Kier alpha value is -1.54. The lowest BCUT2D eigenvalue weighted by Gasteiger charge is -2.39. The molecule has 3 atom stereocenters. The number of nitrogens with one attached hydrogen (secondary N) is 1. The predicted molar refractivity (Wildman–Crippen MR) is 101 cm³/mol. The lowest BCUT2D eigenvalue weighted by Crippen LogP contribution is -2.29. The Morgan fingerprint density at radius 2 is 1.87 bits per heavy atom. The highest BCUT2D eigenvalue weighted by atomic mass is 79.9. The summed E-state index contributed by atoms with van der Waals surface area (Å²) in [6.07, 6.45) is 5.93. The third-order valence-electron chi connectivity index (χ3n) is 5.28. The average molecular weight is 368 g/mol. The van der Waals surface area contributed by atoms with Gasteiger partial charge in [-0.2, -0.15) is 0 Å². The molecule has 0 spiro atoms. The van der Waals surface area contributed by atoms with E-state index in [9.17, 15) is 0 Å². The second-order valence-electron chi connectivity index (χ2n) is 6.99. The maximum atomic E-state index is 3.90. The Kier molecular flexibility index (Phi) is 3.81. The Morgan fingerprint density at radius 1 is 1.09 bits per heavy atom. The summed E-state index contributed by atoms with van der Waals surface area (Å²) in [7, 11) is 0. The number of fused-ring (bicyclic) bond motifs is 3. The quantitative estimate of drug-likeness (QED) is 0.605. The summed E-state index contributed by atoms with van der Waals surface area (Å²) in [5.41, 5.74) is 5.66. The van der Waals surface area contributed by atoms with Crippen LogP contribution in [0.2, 0.25) is 0 Å². The van der Waals surface area contributed by atoms with Crippen molar-refractivity contribution in [2.75, 3.05) is 5.32 Å². The van der Waals surface area contributed by atoms with Crippen LogP contribution in [-0.4, -0.2) is 0 Å². The molecule has 0 amide bonds. The van der Waals surface area contributed by atoms with Gasteiger partial charge in [0, 0.05) is 16.1 Å². The third kappa shape index (κ3) is 2.53. The second kappa shape index (κ2) is 5.83. The summed E-state index contributed by atoms with van der Waals surface area (Å²) in [6, 6.07) is 16.0. The number of para-hydroxylation sites is 1. The summed E-state index contributed by atoms with van der Waals surface area (Å²) in [5, 5.41) is 3.90. The summed E-state index contributed by atoms with van der Waals surface area (Å²) >= 11 is 3.55. The molecule has 0 saturated carbocycles. The average Bonchev–Trinajstić information content (AvgIpc) is 3.04. The topological polar surface area (TPSA) is 12.0 Å². The zero-order valence-electron chi connectivity index (χ0n) is 13.6. The first-order chi connectivity index (χ1) is 11.1. The van der Waals surface area contributed by atoms with Crippen molar-refractivity contribution in [1.29, 1.82) is 0 Å². The molecule has 2 aliphatic rings. The number of anilines is 1. The van der Waals surface area contributed by atoms with Gasteiger partial charge in [0.2, 0.25) is 0 Å². The zero-order valence-corrected chi connectivity index (χ0v) is 15.2. The SMILES string of the molecule is CC(C)c1cccc2c1N[C@H](c1ccc(Br)cc1)[C@@H]1CC=C[C@@H]21. The largest absolute Gasteiger partial charge is 0.377 e. The number of hydrogen-bond acceptors (Lipinski definition) is 1. The fraction of sp³-hybridized carbons (Fsp3) is 0.333. The minimum Gasteiger partial charge on any atom is -0.377 e. The van der Waals surface area contributed by atoms with Crippen LogP contribution >= 0.6 is 15.9 Å². The summed E-state index contributed by atoms with van der Waals surface area (Å²) < 4.78 is 1.14. The van der Waals surface area contributed by atoms with Crippen molar-refractivity contribution in [3.05, 3.63) is 75.8 Å². The van der Waals surface area contributed by atoms with Crippen LogP contribution in [0.1, 0.15) is 54.8 Å². The van der Waals surface area contributed by atoms with Crippen LogP contribution in [0.5, 0.6) is 0 Å². The minimum absolute atomic E-state index is 0.385. The Bertz CT molecular complexity index is 745. The fourth-order valence-corrected chi connectivity index (χ4v) is 4.39. The van der Waals surface area contributed by atoms with Crippen LogP contribution < -0.4 is 5.32 Å². The predicted octanol–water partition coefficient (Wildman–Crippen LogP) is 6.40. The van der Waals surface area contributed by atoms with E-state index in [4.69, 9.17) is 0 Å². The van der Waals surface area contributed by atoms with Crippen molar-refractivity contribution in [1.82, 2.24) is 0 Å². The molecule has 0 fully saturated rings. The van der Waals surface area contributed by atoms with E-state index < -0.39 is 0 Å². The van der Waals surface area contributed by atoms with Crippen molar-refractivity contribution >= 4 is 21.6 Å². The van der Waals surface area contributed by atoms with Gasteiger partial charge in [-0.15, -0.1) is 0 Å². The first kappa shape index (κ1) is 15.0. The summed E-state index contributed by atoms with van der Waals surface area (Å²) in [5.74, 6) is 1.69. The highest BCUT2D eigenvalue weighted by Gasteiger charge is 2.38. The number of benzene rings is 2. The van der Waals surface area contributed by atoms with Crippen molar-refractivity contribution in [3.63, 3.8) is 0 Å². The van der Waals surface area contributed by atoms with E-state index in [1.54, 1.807) is 0 Å². The van der Waals surface area contributed by atoms with Gasteiger partial charge in [-0.1, -0.05) is 72.3 Å². The normalized spacial score (nSPS) is 25.1. The van der Waals surface area contributed by atoms with Gasteiger partial charge in [-0.25, -0.2) is 0 Å². The Labute approximate surface area is 146 Å². The minimum atomic E-state index is 0.385. The van der Waals surface area contributed by atoms with Crippen molar-refractivity contribution in [2.24, 2.45) is 5.92 Å². The molecule has 1 aliphatic heterocycles. The van der Waals surface area contributed by atoms with Gasteiger partial charge in [-0.3, -0.25) is 0 Å². The highest BCUT2D eigenvalue weighted by molar-refractivity contribution is 9.10. The second-order valence-corrected chi connectivity index (χ2v) is 7.91. The number of halogens is 1. The summed E-state index contributed by atoms with van der Waals surface area (Å²) in [6.45, 7) is 4.56. The third-order valence-corrected chi connectivity index (χ3v) is 5.81. The number of allylic oxidation sites excluding steroid dienone is 2. The molecule has 2 aromatic carbocycles. The van der Waals surface area contributed by atoms with Gasteiger partial charge in [0.1, 0.15) is 0 Å². The lowest BCUT2D eigenvalue weighted by atomic mass is 9.75. The molecule has 0 radical (unpaired) electrons. The smallest absolute Gasteiger partial charge is 0.0554 e. The molecule has 1 heterocycles. The number of hydrogen-bond donors (Lipinski definition) is 1. The molecule has 0 unspecified atom stereocenters. The number of rotatable bonds is 2. The van der Waals surface area contributed by atoms with E-state index in [1.807, 2.05) is 0 Å². The van der Waals surface area contributed by atoms with Gasteiger partial charge in [-0.05, 0) is 47.1 Å². The van der Waals surface area contributed by atoms with Gasteiger partial charge in [0.05, 0.1) is 6.04 Å². The van der Waals surface area contributed by atoms with Gasteiger partial charge in [0.25, 0.3) is 0 Å². The molecule has 0 bridgehead atoms. The molecular formula is C21H22BrN. The molecule has 4 rings (SSSR count). The van der Waals surface area contributed by atoms with Gasteiger partial charge >= 0.3 is 0 Å². The van der Waals surface area contributed by atoms with Crippen LogP contribution in [0.3, 0.4) is 0 Å². The highest BCUT2D eigenvalue weighted by Crippen LogP contribution is 2.51. The van der Waals surface area contributed by atoms with Crippen LogP contribution in [0, 0.1) is 5.92 Å². The molecule has 1 nitrogen and oxygen atoms in total. The maximum Gasteiger partial charge on any atom is 0.0554 e. The maximum absolute atomic E-state index is 3.90. The van der Waals surface area contributed by atoms with E-state index >= 15 is 0 Å². The molecule has 2 aromatic rings. The van der Waals surface area contributed by atoms with E-state index in [-0.39, 0.29) is 0 Å². The molecular weight excluding hydrogens is 346 g/mol. The molecule has 2 heteroatoms. The molecule has 0 saturated heterocycles. The van der Waals surface area contributed by atoms with Crippen molar-refractivity contribution < 1.29 is 0 Å². The van der Waals surface area contributed by atoms with Gasteiger partial charge < -0.3 is 5.32 Å². The molecule has 0 aromatic heterocycles. The first-order valence-corrected chi connectivity index (χ1v) is 9.26. The van der Waals surface area contributed by atoms with E-state index in [2.05, 4.69) is 89.7 Å². The zero-order chi connectivity index (χ0) is 16.0. The molecule has 1 aliphatic carbocycles. The van der Waals surface area contributed by atoms with E-state index in [1.165, 1.54) is 22.4 Å². The standard InChI is InChI=1S/C21H22BrN/c1-13(2)16-5-3-8-19-17-6-4-7-18(17)20(23-21(16)19)14-9-11-15(22)12-10-14/h3-6,8-13,17-18,20,23H,7H2,1-2H3/t17-,18-,20-/m1/s1. The van der Waals surface area contributed by atoms with Crippen LogP contribution in [0.15, 0.2) is 59.1 Å². The Balaban J connectivity index is 1.82. The fourth-order valence-electron chi connectivity index (χ4n) is 4.13. The molecule has 1 N–H and O–H groups in total. The molecule has 23 heavy (non-hydrogen) atoms. The van der Waals surface area contributed by atoms with Crippen LogP contribution in [-0.2, 0) is 0 Å². The first-order valence-electron chi connectivity index (χ1n) is 8.46. The monoisotopic (exact) mass is 367 g/mol. The van der Waals surface area contributed by atoms with E-state index in [0.29, 0.717) is 23.8 Å².